The number of benzene rings is 2. The van der Waals surface area contributed by atoms with Crippen LogP contribution in [0.3, 0.4) is 0 Å². The fourth-order valence-corrected chi connectivity index (χ4v) is 2.79. The summed E-state index contributed by atoms with van der Waals surface area (Å²) in [5.41, 5.74) is 4.83. The van der Waals surface area contributed by atoms with Crippen LogP contribution >= 0.6 is 0 Å². The maximum atomic E-state index is 4.72. The number of hydrogen-bond donors (Lipinski definition) is 1. The first-order chi connectivity index (χ1) is 10.8. The van der Waals surface area contributed by atoms with E-state index in [1.54, 1.807) is 0 Å². The number of nitrogens with one attached hydrogen (secondary N) is 1. The summed E-state index contributed by atoms with van der Waals surface area (Å²) in [7, 11) is 0. The van der Waals surface area contributed by atoms with Crippen LogP contribution in [0.25, 0.3) is 11.0 Å². The predicted octanol–water partition coefficient (Wildman–Crippen LogP) is 4.41. The number of imidazole rings is 1. The Labute approximate surface area is 132 Å². The first-order valence-electron chi connectivity index (χ1n) is 8.02. The number of aromatic nitrogens is 2. The van der Waals surface area contributed by atoms with Crippen LogP contribution in [0.4, 0.5) is 5.69 Å². The molecule has 1 aromatic heterocycles. The van der Waals surface area contributed by atoms with E-state index in [0.717, 1.165) is 31.4 Å². The Hall–Kier alpha value is -2.29. The van der Waals surface area contributed by atoms with Crippen molar-refractivity contribution in [3.05, 3.63) is 59.9 Å². The van der Waals surface area contributed by atoms with E-state index < -0.39 is 0 Å². The van der Waals surface area contributed by atoms with Crippen molar-refractivity contribution in [2.24, 2.45) is 0 Å². The average Bonchev–Trinajstić information content (AvgIpc) is 2.91. The Morgan fingerprint density at radius 3 is 2.59 bits per heavy atom. The van der Waals surface area contributed by atoms with Crippen molar-refractivity contribution in [3.8, 4) is 0 Å². The van der Waals surface area contributed by atoms with Gasteiger partial charge in [0.2, 0.25) is 0 Å². The second kappa shape index (κ2) is 6.65. The number of rotatable bonds is 6. The predicted molar refractivity (Wildman–Crippen MR) is 93.4 cm³/mol. The van der Waals surface area contributed by atoms with Gasteiger partial charge in [-0.15, -0.1) is 0 Å². The highest BCUT2D eigenvalue weighted by Crippen LogP contribution is 2.17. The standard InChI is InChI=1S/C19H23N3/c1-3-19-21-17-7-4-5-8-18(17)22(19)14-6-13-20-16-11-9-15(2)10-12-16/h4-5,7-12,20H,3,6,13-14H2,1-2H3. The summed E-state index contributed by atoms with van der Waals surface area (Å²) in [6.45, 7) is 6.25. The molecule has 22 heavy (non-hydrogen) atoms. The smallest absolute Gasteiger partial charge is 0.109 e. The van der Waals surface area contributed by atoms with Crippen LogP contribution in [-0.2, 0) is 13.0 Å². The van der Waals surface area contributed by atoms with Crippen LogP contribution in [0.1, 0.15) is 24.7 Å². The molecular weight excluding hydrogens is 270 g/mol. The van der Waals surface area contributed by atoms with Crippen molar-refractivity contribution in [1.82, 2.24) is 9.55 Å². The number of aryl methyl sites for hydroxylation is 3. The topological polar surface area (TPSA) is 29.9 Å². The third-order valence-corrected chi connectivity index (χ3v) is 3.99. The second-order valence-electron chi connectivity index (χ2n) is 5.67. The SMILES string of the molecule is CCc1nc2ccccc2n1CCCNc1ccc(C)cc1. The molecule has 0 spiro atoms. The van der Waals surface area contributed by atoms with E-state index in [1.807, 2.05) is 0 Å². The Bertz CT molecular complexity index is 741. The van der Waals surface area contributed by atoms with E-state index in [4.69, 9.17) is 4.98 Å². The molecule has 1 N–H and O–H groups in total. The average molecular weight is 293 g/mol. The highest BCUT2D eigenvalue weighted by Gasteiger charge is 2.07. The van der Waals surface area contributed by atoms with Gasteiger partial charge in [-0.25, -0.2) is 4.98 Å². The van der Waals surface area contributed by atoms with Gasteiger partial charge in [-0.2, -0.15) is 0 Å². The van der Waals surface area contributed by atoms with Crippen molar-refractivity contribution in [2.75, 3.05) is 11.9 Å². The minimum atomic E-state index is 0.971. The summed E-state index contributed by atoms with van der Waals surface area (Å²) in [4.78, 5) is 4.72. The summed E-state index contributed by atoms with van der Waals surface area (Å²) in [6, 6.07) is 17.0. The Morgan fingerprint density at radius 2 is 1.82 bits per heavy atom. The molecule has 3 nitrogen and oxygen atoms in total. The molecule has 0 saturated heterocycles. The minimum Gasteiger partial charge on any atom is -0.385 e. The lowest BCUT2D eigenvalue weighted by Crippen LogP contribution is -2.09. The molecule has 0 aliphatic carbocycles. The van der Waals surface area contributed by atoms with Gasteiger partial charge >= 0.3 is 0 Å². The van der Waals surface area contributed by atoms with E-state index in [1.165, 1.54) is 22.6 Å². The molecule has 114 valence electrons. The van der Waals surface area contributed by atoms with Gasteiger partial charge < -0.3 is 9.88 Å². The highest BCUT2D eigenvalue weighted by molar-refractivity contribution is 5.75. The molecule has 0 unspecified atom stereocenters. The van der Waals surface area contributed by atoms with Crippen LogP contribution in [-0.4, -0.2) is 16.1 Å². The second-order valence-corrected chi connectivity index (χ2v) is 5.67. The molecule has 2 aromatic carbocycles. The molecule has 3 heteroatoms. The van der Waals surface area contributed by atoms with Crippen LogP contribution in [0.2, 0.25) is 0 Å². The van der Waals surface area contributed by atoms with Gasteiger partial charge in [0.1, 0.15) is 5.82 Å². The zero-order chi connectivity index (χ0) is 15.4. The lowest BCUT2D eigenvalue weighted by atomic mass is 10.2. The Kier molecular flexibility index (Phi) is 4.42. The summed E-state index contributed by atoms with van der Waals surface area (Å²) in [5, 5.41) is 3.49. The molecule has 0 amide bonds. The number of fused-ring (bicyclic) bond motifs is 1. The van der Waals surface area contributed by atoms with E-state index in [2.05, 4.69) is 72.3 Å². The maximum absolute atomic E-state index is 4.72. The fourth-order valence-electron chi connectivity index (χ4n) is 2.79. The third kappa shape index (κ3) is 3.14. The van der Waals surface area contributed by atoms with Crippen molar-refractivity contribution in [1.29, 1.82) is 0 Å². The van der Waals surface area contributed by atoms with Crippen LogP contribution in [0, 0.1) is 6.92 Å². The molecule has 3 rings (SSSR count). The molecule has 0 atom stereocenters. The molecular formula is C19H23N3. The van der Waals surface area contributed by atoms with E-state index in [-0.39, 0.29) is 0 Å². The summed E-state index contributed by atoms with van der Waals surface area (Å²) < 4.78 is 2.35. The molecule has 0 radical (unpaired) electrons. The van der Waals surface area contributed by atoms with Gasteiger partial charge in [0.25, 0.3) is 0 Å². The lowest BCUT2D eigenvalue weighted by molar-refractivity contribution is 0.645. The fraction of sp³-hybridized carbons (Fsp3) is 0.316. The molecule has 0 fully saturated rings. The highest BCUT2D eigenvalue weighted by atomic mass is 15.1. The minimum absolute atomic E-state index is 0.971. The lowest BCUT2D eigenvalue weighted by Gasteiger charge is -2.10. The molecule has 0 saturated carbocycles. The Balaban J connectivity index is 1.63. The van der Waals surface area contributed by atoms with Crippen molar-refractivity contribution in [2.45, 2.75) is 33.2 Å². The quantitative estimate of drug-likeness (QED) is 0.682. The van der Waals surface area contributed by atoms with Gasteiger partial charge in [-0.1, -0.05) is 36.8 Å². The van der Waals surface area contributed by atoms with Crippen LogP contribution in [0.15, 0.2) is 48.5 Å². The van der Waals surface area contributed by atoms with Crippen LogP contribution < -0.4 is 5.32 Å². The van der Waals surface area contributed by atoms with Crippen molar-refractivity contribution >= 4 is 16.7 Å². The number of anilines is 1. The molecule has 0 bridgehead atoms. The molecule has 1 heterocycles. The van der Waals surface area contributed by atoms with E-state index in [9.17, 15) is 0 Å². The van der Waals surface area contributed by atoms with E-state index in [0.29, 0.717) is 0 Å². The zero-order valence-corrected chi connectivity index (χ0v) is 13.3. The molecule has 3 aromatic rings. The number of para-hydroxylation sites is 2. The first-order valence-corrected chi connectivity index (χ1v) is 8.02. The van der Waals surface area contributed by atoms with Crippen molar-refractivity contribution < 1.29 is 0 Å². The third-order valence-electron chi connectivity index (χ3n) is 3.99. The van der Waals surface area contributed by atoms with Gasteiger partial charge in [0, 0.05) is 25.2 Å². The van der Waals surface area contributed by atoms with Crippen LogP contribution in [0.5, 0.6) is 0 Å². The zero-order valence-electron chi connectivity index (χ0n) is 13.3. The first kappa shape index (κ1) is 14.6. The van der Waals surface area contributed by atoms with Crippen molar-refractivity contribution in [3.63, 3.8) is 0 Å². The summed E-state index contributed by atoms with van der Waals surface area (Å²) in [6.07, 6.45) is 2.06. The molecule has 0 aliphatic rings. The van der Waals surface area contributed by atoms with Gasteiger partial charge in [-0.05, 0) is 37.6 Å². The van der Waals surface area contributed by atoms with Gasteiger partial charge in [0.05, 0.1) is 11.0 Å². The normalized spacial score (nSPS) is 11.0. The maximum Gasteiger partial charge on any atom is 0.109 e. The largest absolute Gasteiger partial charge is 0.385 e. The number of hydrogen-bond acceptors (Lipinski definition) is 2. The summed E-state index contributed by atoms with van der Waals surface area (Å²) in [5.74, 6) is 1.18. The Morgan fingerprint density at radius 1 is 1.05 bits per heavy atom. The summed E-state index contributed by atoms with van der Waals surface area (Å²) >= 11 is 0. The number of nitrogens with zero attached hydrogens (tertiary/aromatic N) is 2. The van der Waals surface area contributed by atoms with Gasteiger partial charge in [-0.3, -0.25) is 0 Å². The van der Waals surface area contributed by atoms with E-state index >= 15 is 0 Å². The monoisotopic (exact) mass is 293 g/mol. The van der Waals surface area contributed by atoms with Gasteiger partial charge in [0.15, 0.2) is 0 Å². The molecule has 0 aliphatic heterocycles.